The summed E-state index contributed by atoms with van der Waals surface area (Å²) in [6, 6.07) is -0.583. The van der Waals surface area contributed by atoms with Gasteiger partial charge in [-0.25, -0.2) is 4.79 Å². The second-order valence-corrected chi connectivity index (χ2v) is 6.88. The number of hydrogen-bond donors (Lipinski definition) is 1. The van der Waals surface area contributed by atoms with Crippen molar-refractivity contribution in [2.45, 2.75) is 78.6 Å². The first-order valence-corrected chi connectivity index (χ1v) is 9.13. The fourth-order valence-corrected chi connectivity index (χ4v) is 3.00. The smallest absolute Gasteiger partial charge is 0.277 e. The van der Waals surface area contributed by atoms with Gasteiger partial charge in [-0.2, -0.15) is 0 Å². The van der Waals surface area contributed by atoms with E-state index in [1.165, 1.54) is 32.1 Å². The number of carbonyl (C=O) groups excluding carboxylic acids is 3. The third-order valence-corrected chi connectivity index (χ3v) is 4.45. The Balaban J connectivity index is 2.14. The van der Waals surface area contributed by atoms with Crippen LogP contribution in [0.5, 0.6) is 0 Å². The Kier molecular flexibility index (Phi) is 8.89. The molecule has 1 saturated heterocycles. The number of carbonyl (C=O) groups is 3. The molecule has 0 spiro atoms. The highest BCUT2D eigenvalue weighted by Crippen LogP contribution is 2.19. The number of unbranched alkanes of at least 4 members (excludes halogenated alkanes) is 6. The number of amides is 4. The minimum atomic E-state index is -0.682. The molecule has 1 aliphatic heterocycles. The van der Waals surface area contributed by atoms with Gasteiger partial charge in [-0.05, 0) is 19.3 Å². The maximum atomic E-state index is 12.1. The molecular formula is C18H32N2O3. The molecule has 1 unspecified atom stereocenters. The standard InChI is InChI=1S/C18H32N2O3/c1-4-20-17(22)15(16(21)19-18(20)23)13-11-9-7-5-6-8-10-12-14(2)3/h14-15H,4-13H2,1-3H3,(H,19,21,23). The van der Waals surface area contributed by atoms with Crippen LogP contribution >= 0.6 is 0 Å². The number of hydrogen-bond acceptors (Lipinski definition) is 3. The van der Waals surface area contributed by atoms with Crippen LogP contribution in [0, 0.1) is 11.8 Å². The number of barbiturate groups is 1. The Morgan fingerprint density at radius 1 is 0.957 bits per heavy atom. The average molecular weight is 324 g/mol. The monoisotopic (exact) mass is 324 g/mol. The van der Waals surface area contributed by atoms with E-state index in [-0.39, 0.29) is 5.91 Å². The van der Waals surface area contributed by atoms with Crippen LogP contribution in [0.2, 0.25) is 0 Å². The first-order chi connectivity index (χ1) is 11.0. The summed E-state index contributed by atoms with van der Waals surface area (Å²) in [5.41, 5.74) is 0. The molecule has 0 aromatic heterocycles. The molecule has 1 aliphatic rings. The molecule has 23 heavy (non-hydrogen) atoms. The quantitative estimate of drug-likeness (QED) is 0.463. The topological polar surface area (TPSA) is 66.5 Å². The molecule has 1 atom stereocenters. The predicted octanol–water partition coefficient (Wildman–Crippen LogP) is 3.87. The van der Waals surface area contributed by atoms with E-state index in [0.29, 0.717) is 13.0 Å². The van der Waals surface area contributed by atoms with Gasteiger partial charge in [0.15, 0.2) is 0 Å². The van der Waals surface area contributed by atoms with E-state index in [0.717, 1.165) is 30.1 Å². The van der Waals surface area contributed by atoms with E-state index < -0.39 is 17.9 Å². The maximum Gasteiger partial charge on any atom is 0.330 e. The number of rotatable bonds is 11. The van der Waals surface area contributed by atoms with Crippen LogP contribution in [0.4, 0.5) is 4.79 Å². The van der Waals surface area contributed by atoms with Crippen molar-refractivity contribution in [3.8, 4) is 0 Å². The van der Waals surface area contributed by atoms with Crippen LogP contribution < -0.4 is 5.32 Å². The van der Waals surface area contributed by atoms with Crippen LogP contribution in [-0.2, 0) is 9.59 Å². The minimum absolute atomic E-state index is 0.310. The summed E-state index contributed by atoms with van der Waals surface area (Å²) in [6.07, 6.45) is 10.0. The second-order valence-electron chi connectivity index (χ2n) is 6.88. The third kappa shape index (κ3) is 6.71. The van der Waals surface area contributed by atoms with Crippen molar-refractivity contribution in [1.82, 2.24) is 10.2 Å². The van der Waals surface area contributed by atoms with Gasteiger partial charge in [-0.3, -0.25) is 19.8 Å². The maximum absolute atomic E-state index is 12.1. The van der Waals surface area contributed by atoms with Gasteiger partial charge in [0.1, 0.15) is 5.92 Å². The summed E-state index contributed by atoms with van der Waals surface area (Å²) in [7, 11) is 0. The fourth-order valence-electron chi connectivity index (χ4n) is 3.00. The molecule has 1 fully saturated rings. The van der Waals surface area contributed by atoms with Crippen LogP contribution in [-0.4, -0.2) is 29.3 Å². The molecule has 0 bridgehead atoms. The summed E-state index contributed by atoms with van der Waals surface area (Å²) >= 11 is 0. The Bertz CT molecular complexity index is 407. The molecule has 0 aliphatic carbocycles. The molecule has 1 N–H and O–H groups in total. The lowest BCUT2D eigenvalue weighted by atomic mass is 9.96. The van der Waals surface area contributed by atoms with Crippen molar-refractivity contribution in [3.63, 3.8) is 0 Å². The summed E-state index contributed by atoms with van der Waals surface area (Å²) < 4.78 is 0. The van der Waals surface area contributed by atoms with E-state index in [1.807, 2.05) is 0 Å². The predicted molar refractivity (Wildman–Crippen MR) is 90.8 cm³/mol. The fraction of sp³-hybridized carbons (Fsp3) is 0.833. The lowest BCUT2D eigenvalue weighted by Crippen LogP contribution is -2.57. The van der Waals surface area contributed by atoms with E-state index in [2.05, 4.69) is 19.2 Å². The summed E-state index contributed by atoms with van der Waals surface area (Å²) in [6.45, 7) is 6.57. The van der Waals surface area contributed by atoms with Gasteiger partial charge in [-0.1, -0.05) is 65.2 Å². The lowest BCUT2D eigenvalue weighted by molar-refractivity contribution is -0.142. The highest BCUT2D eigenvalue weighted by molar-refractivity contribution is 6.16. The zero-order valence-corrected chi connectivity index (χ0v) is 14.9. The molecule has 132 valence electrons. The molecule has 0 radical (unpaired) electrons. The van der Waals surface area contributed by atoms with Crippen molar-refractivity contribution < 1.29 is 14.4 Å². The Hall–Kier alpha value is -1.39. The van der Waals surface area contributed by atoms with Crippen molar-refractivity contribution in [2.75, 3.05) is 6.54 Å². The summed E-state index contributed by atoms with van der Waals surface area (Å²) in [5, 5.41) is 2.27. The zero-order chi connectivity index (χ0) is 17.2. The van der Waals surface area contributed by atoms with Crippen molar-refractivity contribution >= 4 is 17.8 Å². The Labute approximate surface area is 140 Å². The van der Waals surface area contributed by atoms with Crippen molar-refractivity contribution in [3.05, 3.63) is 0 Å². The largest absolute Gasteiger partial charge is 0.330 e. The Morgan fingerprint density at radius 2 is 1.52 bits per heavy atom. The van der Waals surface area contributed by atoms with Crippen LogP contribution in [0.25, 0.3) is 0 Å². The van der Waals surface area contributed by atoms with Crippen LogP contribution in [0.3, 0.4) is 0 Å². The SMILES string of the molecule is CCN1C(=O)NC(=O)C(CCCCCCCCCC(C)C)C1=O. The zero-order valence-electron chi connectivity index (χ0n) is 14.9. The summed E-state index contributed by atoms with van der Waals surface area (Å²) in [4.78, 5) is 36.5. The number of nitrogens with zero attached hydrogens (tertiary/aromatic N) is 1. The summed E-state index contributed by atoms with van der Waals surface area (Å²) in [5.74, 6) is -0.657. The van der Waals surface area contributed by atoms with Crippen LogP contribution in [0.15, 0.2) is 0 Å². The first kappa shape index (κ1) is 19.7. The molecular weight excluding hydrogens is 292 g/mol. The Morgan fingerprint density at radius 3 is 2.09 bits per heavy atom. The van der Waals surface area contributed by atoms with Gasteiger partial charge >= 0.3 is 6.03 Å². The number of nitrogens with one attached hydrogen (secondary N) is 1. The molecule has 0 aromatic rings. The van der Waals surface area contributed by atoms with Gasteiger partial charge in [0.25, 0.3) is 0 Å². The third-order valence-electron chi connectivity index (χ3n) is 4.45. The minimum Gasteiger partial charge on any atom is -0.277 e. The van der Waals surface area contributed by atoms with Crippen molar-refractivity contribution in [1.29, 1.82) is 0 Å². The second kappa shape index (κ2) is 10.4. The number of urea groups is 1. The normalized spacial score (nSPS) is 18.7. The van der Waals surface area contributed by atoms with Gasteiger partial charge < -0.3 is 0 Å². The van der Waals surface area contributed by atoms with Gasteiger partial charge in [0.05, 0.1) is 0 Å². The van der Waals surface area contributed by atoms with Crippen molar-refractivity contribution in [2.24, 2.45) is 11.8 Å². The van der Waals surface area contributed by atoms with Gasteiger partial charge in [-0.15, -0.1) is 0 Å². The average Bonchev–Trinajstić information content (AvgIpc) is 2.48. The van der Waals surface area contributed by atoms with Gasteiger partial charge in [0, 0.05) is 6.54 Å². The lowest BCUT2D eigenvalue weighted by Gasteiger charge is -2.29. The molecule has 5 heteroatoms. The van der Waals surface area contributed by atoms with E-state index >= 15 is 0 Å². The van der Waals surface area contributed by atoms with E-state index in [9.17, 15) is 14.4 Å². The molecule has 0 aromatic carbocycles. The molecule has 0 saturated carbocycles. The highest BCUT2D eigenvalue weighted by Gasteiger charge is 2.38. The molecule has 1 heterocycles. The number of imide groups is 2. The van der Waals surface area contributed by atoms with E-state index in [1.54, 1.807) is 6.92 Å². The highest BCUT2D eigenvalue weighted by atomic mass is 16.2. The van der Waals surface area contributed by atoms with Crippen LogP contribution in [0.1, 0.15) is 78.6 Å². The first-order valence-electron chi connectivity index (χ1n) is 9.13. The molecule has 1 rings (SSSR count). The van der Waals surface area contributed by atoms with E-state index in [4.69, 9.17) is 0 Å². The molecule has 4 amide bonds. The van der Waals surface area contributed by atoms with Gasteiger partial charge in [0.2, 0.25) is 11.8 Å². The molecule has 5 nitrogen and oxygen atoms in total.